The molecule has 1 atom stereocenters. The van der Waals surface area contributed by atoms with Crippen molar-refractivity contribution in [2.45, 2.75) is 25.4 Å². The number of ether oxygens (including phenoxy) is 6. The van der Waals surface area contributed by atoms with Gasteiger partial charge in [-0.1, -0.05) is 13.2 Å². The van der Waals surface area contributed by atoms with Crippen LogP contribution in [-0.4, -0.2) is 56.4 Å². The molecule has 42 heavy (non-hydrogen) atoms. The molecule has 3 rings (SSSR count). The van der Waals surface area contributed by atoms with E-state index in [1.165, 1.54) is 0 Å². The van der Waals surface area contributed by atoms with Crippen molar-refractivity contribution >= 4 is 23.9 Å². The van der Waals surface area contributed by atoms with Gasteiger partial charge in [0.05, 0.1) is 37.6 Å². The van der Waals surface area contributed by atoms with Crippen molar-refractivity contribution in [3.8, 4) is 11.5 Å². The van der Waals surface area contributed by atoms with E-state index in [1.807, 2.05) is 0 Å². The normalized spacial score (nSPS) is 13.6. The summed E-state index contributed by atoms with van der Waals surface area (Å²) < 4.78 is 31.8. The summed E-state index contributed by atoms with van der Waals surface area (Å²) in [5.41, 5.74) is 0.703. The molecule has 0 fully saturated rings. The highest BCUT2D eigenvalue weighted by Crippen LogP contribution is 2.20. The molecule has 10 nitrogen and oxygen atoms in total. The lowest BCUT2D eigenvalue weighted by molar-refractivity contribution is -0.138. The lowest BCUT2D eigenvalue weighted by Gasteiger charge is -2.17. The van der Waals surface area contributed by atoms with Crippen molar-refractivity contribution in [2.75, 3.05) is 26.4 Å². The largest absolute Gasteiger partial charge is 0.493 e. The molecular weight excluding hydrogens is 544 g/mol. The first-order valence-electron chi connectivity index (χ1n) is 13.2. The van der Waals surface area contributed by atoms with Crippen molar-refractivity contribution in [3.63, 3.8) is 0 Å². The van der Waals surface area contributed by atoms with E-state index in [0.29, 0.717) is 60.9 Å². The molecule has 2 aromatic carbocycles. The van der Waals surface area contributed by atoms with E-state index in [-0.39, 0.29) is 13.2 Å². The van der Waals surface area contributed by atoms with Crippen LogP contribution in [0.25, 0.3) is 0 Å². The van der Waals surface area contributed by atoms with Crippen LogP contribution in [0.5, 0.6) is 11.5 Å². The van der Waals surface area contributed by atoms with Gasteiger partial charge in [0.1, 0.15) is 23.4 Å². The summed E-state index contributed by atoms with van der Waals surface area (Å²) in [6.07, 6.45) is 7.98. The van der Waals surface area contributed by atoms with Gasteiger partial charge in [0, 0.05) is 31.4 Å². The van der Waals surface area contributed by atoms with Gasteiger partial charge in [-0.05, 0) is 66.8 Å². The van der Waals surface area contributed by atoms with Gasteiger partial charge in [0.15, 0.2) is 0 Å². The highest BCUT2D eigenvalue weighted by Gasteiger charge is 2.18. The fraction of sp³-hybridized carbons (Fsp3) is 0.250. The maximum Gasteiger partial charge on any atom is 0.343 e. The molecule has 0 N–H and O–H groups in total. The predicted molar refractivity (Wildman–Crippen MR) is 152 cm³/mol. The lowest BCUT2D eigenvalue weighted by atomic mass is 10.1. The third kappa shape index (κ3) is 10.8. The molecule has 0 heterocycles. The van der Waals surface area contributed by atoms with Crippen molar-refractivity contribution in [1.82, 2.24) is 0 Å². The number of hydrogen-bond donors (Lipinski definition) is 0. The number of allylic oxidation sites excluding steroid dienone is 1. The number of carbonyl (C=O) groups excluding carboxylic acids is 4. The van der Waals surface area contributed by atoms with Crippen LogP contribution in [0, 0.1) is 0 Å². The fourth-order valence-electron chi connectivity index (χ4n) is 3.45. The molecule has 0 saturated heterocycles. The summed E-state index contributed by atoms with van der Waals surface area (Å²) in [5.74, 6) is -0.515. The molecule has 2 aromatic rings. The fourth-order valence-corrected chi connectivity index (χ4v) is 3.45. The molecule has 1 aliphatic carbocycles. The topological polar surface area (TPSA) is 124 Å². The second-order valence-corrected chi connectivity index (χ2v) is 8.73. The third-order valence-corrected chi connectivity index (χ3v) is 5.61. The minimum absolute atomic E-state index is 0.223. The van der Waals surface area contributed by atoms with Crippen LogP contribution in [0.2, 0.25) is 0 Å². The Morgan fingerprint density at radius 1 is 0.714 bits per heavy atom. The number of rotatable bonds is 16. The Morgan fingerprint density at radius 2 is 1.21 bits per heavy atom. The molecule has 220 valence electrons. The number of benzene rings is 2. The van der Waals surface area contributed by atoms with Crippen LogP contribution < -0.4 is 9.47 Å². The van der Waals surface area contributed by atoms with Crippen LogP contribution in [0.15, 0.2) is 97.8 Å². The van der Waals surface area contributed by atoms with Crippen LogP contribution in [0.4, 0.5) is 0 Å². The molecule has 10 heteroatoms. The molecule has 0 aromatic heterocycles. The number of hydrogen-bond acceptors (Lipinski definition) is 10. The summed E-state index contributed by atoms with van der Waals surface area (Å²) >= 11 is 0. The molecule has 0 saturated carbocycles. The quantitative estimate of drug-likeness (QED) is 0.118. The van der Waals surface area contributed by atoms with Gasteiger partial charge in [0.2, 0.25) is 0 Å². The monoisotopic (exact) mass is 576 g/mol. The van der Waals surface area contributed by atoms with E-state index in [0.717, 1.165) is 12.2 Å². The Bertz CT molecular complexity index is 1310. The summed E-state index contributed by atoms with van der Waals surface area (Å²) in [6.45, 7) is 7.79. The highest BCUT2D eigenvalue weighted by atomic mass is 16.6. The predicted octanol–water partition coefficient (Wildman–Crippen LogP) is 4.91. The first-order chi connectivity index (χ1) is 20.4. The first-order valence-corrected chi connectivity index (χ1v) is 13.2. The zero-order valence-corrected chi connectivity index (χ0v) is 23.0. The zero-order valence-electron chi connectivity index (χ0n) is 23.0. The lowest BCUT2D eigenvalue weighted by Crippen LogP contribution is -2.18. The van der Waals surface area contributed by atoms with Crippen LogP contribution in [0.1, 0.15) is 40.0 Å². The summed E-state index contributed by atoms with van der Waals surface area (Å²) in [6, 6.07) is 13.0. The van der Waals surface area contributed by atoms with Gasteiger partial charge >= 0.3 is 23.9 Å². The SMILES string of the molecule is C=CC(=O)OCCCOc1ccc(C(=O)OC2=CCC(OC(=O)c3ccc(OCCCOC(=O)C=C)cc3)C=C2)cc1. The standard InChI is InChI=1S/C32H32O10/c1-3-29(33)39-21-5-19-37-25-11-7-23(8-12-25)31(35)41-27-15-17-28(18-16-27)42-32(36)24-9-13-26(14-10-24)38-20-6-22-40-30(34)4-2/h3-4,7-17,28H,1-2,5-6,18-22H2. The summed E-state index contributed by atoms with van der Waals surface area (Å²) in [7, 11) is 0. The molecule has 0 bridgehead atoms. The van der Waals surface area contributed by atoms with Gasteiger partial charge in [-0.25, -0.2) is 19.2 Å². The van der Waals surface area contributed by atoms with Gasteiger partial charge in [0.25, 0.3) is 0 Å². The van der Waals surface area contributed by atoms with E-state index in [1.54, 1.807) is 66.8 Å². The maximum atomic E-state index is 12.5. The smallest absolute Gasteiger partial charge is 0.343 e. The summed E-state index contributed by atoms with van der Waals surface area (Å²) in [4.78, 5) is 47.0. The number of esters is 4. The van der Waals surface area contributed by atoms with Crippen LogP contribution in [-0.2, 0) is 28.5 Å². The number of carbonyl (C=O) groups is 4. The minimum Gasteiger partial charge on any atom is -0.493 e. The highest BCUT2D eigenvalue weighted by molar-refractivity contribution is 5.91. The van der Waals surface area contributed by atoms with Gasteiger partial charge < -0.3 is 28.4 Å². The Balaban J connectivity index is 1.36. The van der Waals surface area contributed by atoms with Crippen LogP contribution >= 0.6 is 0 Å². The molecular formula is C32H32O10. The van der Waals surface area contributed by atoms with E-state index in [9.17, 15) is 19.2 Å². The Hall–Kier alpha value is -5.12. The maximum absolute atomic E-state index is 12.5. The average molecular weight is 577 g/mol. The zero-order chi connectivity index (χ0) is 30.2. The van der Waals surface area contributed by atoms with E-state index < -0.39 is 30.0 Å². The minimum atomic E-state index is -0.538. The van der Waals surface area contributed by atoms with E-state index >= 15 is 0 Å². The first kappa shape index (κ1) is 31.4. The van der Waals surface area contributed by atoms with E-state index in [2.05, 4.69) is 13.2 Å². The molecule has 1 unspecified atom stereocenters. The van der Waals surface area contributed by atoms with Gasteiger partial charge in [-0.15, -0.1) is 0 Å². The van der Waals surface area contributed by atoms with Crippen molar-refractivity contribution < 1.29 is 47.6 Å². The molecule has 0 amide bonds. The Morgan fingerprint density at radius 3 is 1.67 bits per heavy atom. The molecule has 1 aliphatic rings. The second-order valence-electron chi connectivity index (χ2n) is 8.73. The average Bonchev–Trinajstić information content (AvgIpc) is 3.01. The van der Waals surface area contributed by atoms with Gasteiger partial charge in [-0.2, -0.15) is 0 Å². The van der Waals surface area contributed by atoms with Crippen molar-refractivity contribution in [1.29, 1.82) is 0 Å². The van der Waals surface area contributed by atoms with Gasteiger partial charge in [-0.3, -0.25) is 0 Å². The molecule has 0 aliphatic heterocycles. The summed E-state index contributed by atoms with van der Waals surface area (Å²) in [5, 5.41) is 0. The van der Waals surface area contributed by atoms with Crippen molar-refractivity contribution in [2.24, 2.45) is 0 Å². The second kappa shape index (κ2) is 16.9. The Kier molecular flexibility index (Phi) is 12.6. The molecule has 0 spiro atoms. The molecule has 0 radical (unpaired) electrons. The Labute approximate surface area is 243 Å². The van der Waals surface area contributed by atoms with Crippen molar-refractivity contribution in [3.05, 3.63) is 109 Å². The van der Waals surface area contributed by atoms with E-state index in [4.69, 9.17) is 28.4 Å². The van der Waals surface area contributed by atoms with Crippen LogP contribution in [0.3, 0.4) is 0 Å². The third-order valence-electron chi connectivity index (χ3n) is 5.61.